The maximum absolute atomic E-state index is 9.58. The van der Waals surface area contributed by atoms with E-state index in [4.69, 9.17) is 0 Å². The fraction of sp³-hybridized carbons (Fsp3) is 0.667. The van der Waals surface area contributed by atoms with Crippen LogP contribution < -0.4 is 0 Å². The van der Waals surface area contributed by atoms with Crippen molar-refractivity contribution in [2.45, 2.75) is 25.7 Å². The largest absolute Gasteiger partial charge is 0.395 e. The molecule has 2 unspecified atom stereocenters. The van der Waals surface area contributed by atoms with Crippen molar-refractivity contribution in [2.75, 3.05) is 13.2 Å². The minimum atomic E-state index is -0.200. The summed E-state index contributed by atoms with van der Waals surface area (Å²) in [7, 11) is 0. The molecule has 1 saturated carbocycles. The lowest BCUT2D eigenvalue weighted by Gasteiger charge is -2.50. The predicted octanol–water partition coefficient (Wildman–Crippen LogP) is 1.64. The predicted molar refractivity (Wildman–Crippen MR) is 55.8 cm³/mol. The molecule has 14 heavy (non-hydrogen) atoms. The maximum Gasteiger partial charge on any atom is 0.0531 e. The van der Waals surface area contributed by atoms with Crippen LogP contribution in [-0.4, -0.2) is 23.4 Å². The maximum atomic E-state index is 9.58. The van der Waals surface area contributed by atoms with Gasteiger partial charge in [0.05, 0.1) is 13.2 Å². The first kappa shape index (κ1) is 9.94. The van der Waals surface area contributed by atoms with E-state index in [2.05, 4.69) is 12.2 Å². The third-order valence-corrected chi connectivity index (χ3v) is 3.99. The summed E-state index contributed by atoms with van der Waals surface area (Å²) in [5.41, 5.74) is -0.399. The number of aliphatic hydroxyl groups excluding tert-OH is 2. The number of rotatable bonds is 2. The number of fused-ring (bicyclic) bond motifs is 1. The van der Waals surface area contributed by atoms with Gasteiger partial charge in [-0.05, 0) is 12.8 Å². The molecule has 0 aliphatic heterocycles. The molecule has 2 N–H and O–H groups in total. The van der Waals surface area contributed by atoms with Crippen molar-refractivity contribution in [3.8, 4) is 0 Å². The van der Waals surface area contributed by atoms with Gasteiger partial charge in [0.25, 0.3) is 0 Å². The SMILES string of the molecule is OCC12C=CC=CC1(CO)CCCC2. The Morgan fingerprint density at radius 1 is 0.857 bits per heavy atom. The third kappa shape index (κ3) is 1.17. The number of hydrogen-bond donors (Lipinski definition) is 2. The Balaban J connectivity index is 2.39. The van der Waals surface area contributed by atoms with Gasteiger partial charge < -0.3 is 10.2 Å². The van der Waals surface area contributed by atoms with Crippen molar-refractivity contribution in [1.82, 2.24) is 0 Å². The summed E-state index contributed by atoms with van der Waals surface area (Å²) in [5.74, 6) is 0. The summed E-state index contributed by atoms with van der Waals surface area (Å²) in [6.07, 6.45) is 12.5. The molecule has 2 aliphatic rings. The monoisotopic (exact) mass is 194 g/mol. The Morgan fingerprint density at radius 2 is 1.29 bits per heavy atom. The minimum absolute atomic E-state index is 0.147. The molecule has 78 valence electrons. The molecule has 2 aliphatic carbocycles. The Labute approximate surface area is 85.0 Å². The fourth-order valence-corrected chi connectivity index (χ4v) is 2.94. The Morgan fingerprint density at radius 3 is 1.64 bits per heavy atom. The standard InChI is InChI=1S/C12H18O2/c13-9-11-5-1-2-6-12(11,10-14)8-4-3-7-11/h1-2,5-6,13-14H,3-4,7-10H2. The van der Waals surface area contributed by atoms with Crippen molar-refractivity contribution in [3.63, 3.8) is 0 Å². The Bertz CT molecular complexity index is 241. The molecule has 0 aromatic carbocycles. The lowest BCUT2D eigenvalue weighted by atomic mass is 9.55. The van der Waals surface area contributed by atoms with Crippen LogP contribution >= 0.6 is 0 Å². The number of aliphatic hydroxyl groups is 2. The van der Waals surface area contributed by atoms with Crippen LogP contribution in [0, 0.1) is 10.8 Å². The normalized spacial score (nSPS) is 41.0. The molecule has 2 heteroatoms. The number of allylic oxidation sites excluding steroid dienone is 2. The average molecular weight is 194 g/mol. The second kappa shape index (κ2) is 3.52. The highest BCUT2D eigenvalue weighted by Gasteiger charge is 2.49. The van der Waals surface area contributed by atoms with Gasteiger partial charge in [-0.3, -0.25) is 0 Å². The van der Waals surface area contributed by atoms with Crippen LogP contribution in [0.1, 0.15) is 25.7 Å². The quantitative estimate of drug-likeness (QED) is 0.701. The fourth-order valence-electron chi connectivity index (χ4n) is 2.94. The van der Waals surface area contributed by atoms with E-state index >= 15 is 0 Å². The summed E-state index contributed by atoms with van der Waals surface area (Å²) < 4.78 is 0. The van der Waals surface area contributed by atoms with Crippen molar-refractivity contribution in [1.29, 1.82) is 0 Å². The average Bonchev–Trinajstić information content (AvgIpc) is 2.28. The first-order valence-corrected chi connectivity index (χ1v) is 5.37. The smallest absolute Gasteiger partial charge is 0.0531 e. The highest BCUT2D eigenvalue weighted by atomic mass is 16.3. The summed E-state index contributed by atoms with van der Waals surface area (Å²) in [4.78, 5) is 0. The molecule has 0 aromatic rings. The Kier molecular flexibility index (Phi) is 2.50. The van der Waals surface area contributed by atoms with E-state index in [1.807, 2.05) is 12.2 Å². The molecule has 0 aromatic heterocycles. The second-order valence-corrected chi connectivity index (χ2v) is 4.55. The molecule has 0 amide bonds. The van der Waals surface area contributed by atoms with E-state index in [-0.39, 0.29) is 24.0 Å². The summed E-state index contributed by atoms with van der Waals surface area (Å²) in [6, 6.07) is 0. The van der Waals surface area contributed by atoms with E-state index in [1.165, 1.54) is 0 Å². The molecule has 2 rings (SSSR count). The molecular weight excluding hydrogens is 176 g/mol. The van der Waals surface area contributed by atoms with Gasteiger partial charge in [-0.2, -0.15) is 0 Å². The van der Waals surface area contributed by atoms with Crippen LogP contribution in [0.5, 0.6) is 0 Å². The van der Waals surface area contributed by atoms with Crippen LogP contribution in [0.3, 0.4) is 0 Å². The van der Waals surface area contributed by atoms with Gasteiger partial charge >= 0.3 is 0 Å². The van der Waals surface area contributed by atoms with E-state index in [1.54, 1.807) is 0 Å². The van der Waals surface area contributed by atoms with Crippen LogP contribution in [0.15, 0.2) is 24.3 Å². The van der Waals surface area contributed by atoms with Crippen molar-refractivity contribution < 1.29 is 10.2 Å². The zero-order valence-corrected chi connectivity index (χ0v) is 8.45. The summed E-state index contributed by atoms with van der Waals surface area (Å²) >= 11 is 0. The Hall–Kier alpha value is -0.600. The van der Waals surface area contributed by atoms with Gasteiger partial charge in [0.1, 0.15) is 0 Å². The van der Waals surface area contributed by atoms with Gasteiger partial charge in [0.2, 0.25) is 0 Å². The molecule has 1 fully saturated rings. The van der Waals surface area contributed by atoms with E-state index in [0.29, 0.717) is 0 Å². The van der Waals surface area contributed by atoms with Crippen molar-refractivity contribution in [3.05, 3.63) is 24.3 Å². The zero-order chi connectivity index (χ0) is 10.1. The molecule has 0 bridgehead atoms. The molecule has 0 heterocycles. The van der Waals surface area contributed by atoms with Gasteiger partial charge in [-0.15, -0.1) is 0 Å². The number of hydrogen-bond acceptors (Lipinski definition) is 2. The van der Waals surface area contributed by atoms with Crippen molar-refractivity contribution >= 4 is 0 Å². The van der Waals surface area contributed by atoms with Gasteiger partial charge in [0.15, 0.2) is 0 Å². The summed E-state index contributed by atoms with van der Waals surface area (Å²) in [5, 5.41) is 19.2. The second-order valence-electron chi connectivity index (χ2n) is 4.55. The molecular formula is C12H18O2. The molecule has 0 saturated heterocycles. The van der Waals surface area contributed by atoms with E-state index in [0.717, 1.165) is 25.7 Å². The van der Waals surface area contributed by atoms with E-state index in [9.17, 15) is 10.2 Å². The van der Waals surface area contributed by atoms with Gasteiger partial charge in [-0.1, -0.05) is 37.1 Å². The highest BCUT2D eigenvalue weighted by Crippen LogP contribution is 2.53. The molecule has 0 spiro atoms. The first-order valence-electron chi connectivity index (χ1n) is 5.37. The molecule has 0 radical (unpaired) electrons. The van der Waals surface area contributed by atoms with Crippen LogP contribution in [0.25, 0.3) is 0 Å². The van der Waals surface area contributed by atoms with E-state index < -0.39 is 0 Å². The van der Waals surface area contributed by atoms with Crippen molar-refractivity contribution in [2.24, 2.45) is 10.8 Å². The van der Waals surface area contributed by atoms with Gasteiger partial charge in [0, 0.05) is 10.8 Å². The van der Waals surface area contributed by atoms with Gasteiger partial charge in [-0.25, -0.2) is 0 Å². The summed E-state index contributed by atoms with van der Waals surface area (Å²) in [6.45, 7) is 0.294. The molecule has 2 atom stereocenters. The van der Waals surface area contributed by atoms with Crippen LogP contribution in [-0.2, 0) is 0 Å². The highest BCUT2D eigenvalue weighted by molar-refractivity contribution is 5.27. The lowest BCUT2D eigenvalue weighted by Crippen LogP contribution is -2.48. The lowest BCUT2D eigenvalue weighted by molar-refractivity contribution is -0.0238. The minimum Gasteiger partial charge on any atom is -0.395 e. The molecule has 2 nitrogen and oxygen atoms in total. The topological polar surface area (TPSA) is 40.5 Å². The first-order chi connectivity index (χ1) is 6.79. The van der Waals surface area contributed by atoms with Crippen LogP contribution in [0.2, 0.25) is 0 Å². The zero-order valence-electron chi connectivity index (χ0n) is 8.45. The van der Waals surface area contributed by atoms with Crippen LogP contribution in [0.4, 0.5) is 0 Å². The third-order valence-electron chi connectivity index (χ3n) is 3.99.